The minimum atomic E-state index is 0.0116. The van der Waals surface area contributed by atoms with Crippen LogP contribution in [0.2, 0.25) is 0 Å². The molecule has 1 N–H and O–H groups in total. The minimum absolute atomic E-state index is 0.0116. The molecule has 27 heavy (non-hydrogen) atoms. The van der Waals surface area contributed by atoms with E-state index in [4.69, 9.17) is 0 Å². The van der Waals surface area contributed by atoms with E-state index in [1.165, 1.54) is 24.8 Å². The molecule has 1 heterocycles. The van der Waals surface area contributed by atoms with Crippen molar-refractivity contribution in [2.24, 2.45) is 5.92 Å². The lowest BCUT2D eigenvalue weighted by Gasteiger charge is -2.29. The van der Waals surface area contributed by atoms with Crippen LogP contribution in [0.25, 0.3) is 16.7 Å². The summed E-state index contributed by atoms with van der Waals surface area (Å²) in [5.41, 5.74) is 4.95. The molecule has 2 atom stereocenters. The fraction of sp³-hybridized carbons (Fsp3) is 0.391. The normalized spacial score (nSPS) is 19.9. The predicted octanol–water partition coefficient (Wildman–Crippen LogP) is 4.90. The van der Waals surface area contributed by atoms with Crippen LogP contribution in [0.3, 0.4) is 0 Å². The molecule has 3 aromatic rings. The van der Waals surface area contributed by atoms with Crippen molar-refractivity contribution in [3.8, 4) is 5.69 Å². The van der Waals surface area contributed by atoms with Crippen LogP contribution in [-0.4, -0.2) is 21.5 Å². The van der Waals surface area contributed by atoms with Crippen molar-refractivity contribution < 1.29 is 4.79 Å². The second kappa shape index (κ2) is 7.55. The van der Waals surface area contributed by atoms with Gasteiger partial charge in [0.1, 0.15) is 6.33 Å². The van der Waals surface area contributed by atoms with Crippen molar-refractivity contribution in [2.75, 3.05) is 0 Å². The SMILES string of the molecule is CCc1ccc(-n2cnc3cc(C(=O)N[C@H]4CCCC[C@H]4C)ccc32)cc1. The third-order valence-corrected chi connectivity index (χ3v) is 5.86. The predicted molar refractivity (Wildman–Crippen MR) is 109 cm³/mol. The highest BCUT2D eigenvalue weighted by Crippen LogP contribution is 2.25. The largest absolute Gasteiger partial charge is 0.349 e. The van der Waals surface area contributed by atoms with Crippen LogP contribution in [0.1, 0.15) is 55.5 Å². The van der Waals surface area contributed by atoms with E-state index < -0.39 is 0 Å². The van der Waals surface area contributed by atoms with E-state index in [1.54, 1.807) is 0 Å². The zero-order chi connectivity index (χ0) is 18.8. The summed E-state index contributed by atoms with van der Waals surface area (Å²) in [5.74, 6) is 0.564. The summed E-state index contributed by atoms with van der Waals surface area (Å²) in [7, 11) is 0. The molecule has 4 nitrogen and oxygen atoms in total. The topological polar surface area (TPSA) is 46.9 Å². The molecule has 140 valence electrons. The summed E-state index contributed by atoms with van der Waals surface area (Å²) in [6.07, 6.45) is 7.62. The first-order chi connectivity index (χ1) is 13.2. The first-order valence-corrected chi connectivity index (χ1v) is 10.0. The smallest absolute Gasteiger partial charge is 0.251 e. The Morgan fingerprint density at radius 2 is 1.93 bits per heavy atom. The molecule has 4 heteroatoms. The molecule has 1 fully saturated rings. The van der Waals surface area contributed by atoms with Gasteiger partial charge in [-0.1, -0.05) is 38.8 Å². The van der Waals surface area contributed by atoms with E-state index in [-0.39, 0.29) is 11.9 Å². The number of benzene rings is 2. The van der Waals surface area contributed by atoms with Gasteiger partial charge < -0.3 is 5.32 Å². The lowest BCUT2D eigenvalue weighted by molar-refractivity contribution is 0.0910. The van der Waals surface area contributed by atoms with Gasteiger partial charge in [0, 0.05) is 17.3 Å². The van der Waals surface area contributed by atoms with Crippen LogP contribution in [0.4, 0.5) is 0 Å². The van der Waals surface area contributed by atoms with E-state index in [2.05, 4.69) is 53.0 Å². The van der Waals surface area contributed by atoms with Gasteiger partial charge in [-0.25, -0.2) is 4.98 Å². The zero-order valence-corrected chi connectivity index (χ0v) is 16.1. The number of hydrogen-bond donors (Lipinski definition) is 1. The van der Waals surface area contributed by atoms with Crippen LogP contribution in [0.5, 0.6) is 0 Å². The second-order valence-corrected chi connectivity index (χ2v) is 7.68. The number of aryl methyl sites for hydroxylation is 1. The van der Waals surface area contributed by atoms with E-state index in [0.29, 0.717) is 11.5 Å². The maximum absolute atomic E-state index is 12.7. The lowest BCUT2D eigenvalue weighted by atomic mass is 9.86. The molecule has 0 bridgehead atoms. The number of hydrogen-bond acceptors (Lipinski definition) is 2. The number of rotatable bonds is 4. The summed E-state index contributed by atoms with van der Waals surface area (Å²) >= 11 is 0. The van der Waals surface area contributed by atoms with Gasteiger partial charge in [0.25, 0.3) is 5.91 Å². The molecule has 0 spiro atoms. The van der Waals surface area contributed by atoms with E-state index in [9.17, 15) is 4.79 Å². The average molecular weight is 361 g/mol. The number of nitrogens with one attached hydrogen (secondary N) is 1. The van der Waals surface area contributed by atoms with Gasteiger partial charge in [-0.2, -0.15) is 0 Å². The van der Waals surface area contributed by atoms with Crippen LogP contribution in [-0.2, 0) is 6.42 Å². The number of imidazole rings is 1. The van der Waals surface area contributed by atoms with Crippen molar-refractivity contribution in [2.45, 2.75) is 52.0 Å². The summed E-state index contributed by atoms with van der Waals surface area (Å²) in [5, 5.41) is 3.23. The van der Waals surface area contributed by atoms with E-state index >= 15 is 0 Å². The molecule has 0 saturated heterocycles. The number of aromatic nitrogens is 2. The van der Waals surface area contributed by atoms with E-state index in [0.717, 1.165) is 29.6 Å². The maximum Gasteiger partial charge on any atom is 0.251 e. The molecule has 0 aliphatic heterocycles. The average Bonchev–Trinajstić information content (AvgIpc) is 3.13. The lowest BCUT2D eigenvalue weighted by Crippen LogP contribution is -2.41. The number of carbonyl (C=O) groups excluding carboxylic acids is 1. The summed E-state index contributed by atoms with van der Waals surface area (Å²) in [6.45, 7) is 4.39. The molecule has 1 amide bonds. The summed E-state index contributed by atoms with van der Waals surface area (Å²) in [4.78, 5) is 17.2. The fourth-order valence-corrected chi connectivity index (χ4v) is 4.03. The first-order valence-electron chi connectivity index (χ1n) is 10.0. The summed E-state index contributed by atoms with van der Waals surface area (Å²) in [6, 6.07) is 14.6. The molecule has 0 radical (unpaired) electrons. The molecular formula is C23H27N3O. The third kappa shape index (κ3) is 3.61. The molecule has 1 aliphatic carbocycles. The Morgan fingerprint density at radius 3 is 2.67 bits per heavy atom. The van der Waals surface area contributed by atoms with Gasteiger partial charge in [-0.05, 0) is 61.1 Å². The Kier molecular flexibility index (Phi) is 4.97. The van der Waals surface area contributed by atoms with Gasteiger partial charge in [0.15, 0.2) is 0 Å². The highest BCUT2D eigenvalue weighted by Gasteiger charge is 2.23. The van der Waals surface area contributed by atoms with Crippen molar-refractivity contribution in [3.05, 3.63) is 59.9 Å². The Balaban J connectivity index is 1.57. The number of fused-ring (bicyclic) bond motifs is 1. The van der Waals surface area contributed by atoms with Crippen LogP contribution < -0.4 is 5.32 Å². The van der Waals surface area contributed by atoms with Crippen molar-refractivity contribution in [1.29, 1.82) is 0 Å². The van der Waals surface area contributed by atoms with Gasteiger partial charge in [-0.3, -0.25) is 9.36 Å². The van der Waals surface area contributed by atoms with Crippen LogP contribution in [0.15, 0.2) is 48.8 Å². The van der Waals surface area contributed by atoms with Crippen LogP contribution >= 0.6 is 0 Å². The quantitative estimate of drug-likeness (QED) is 0.719. The van der Waals surface area contributed by atoms with Gasteiger partial charge >= 0.3 is 0 Å². The van der Waals surface area contributed by atoms with Gasteiger partial charge in [0.2, 0.25) is 0 Å². The first kappa shape index (κ1) is 17.8. The standard InChI is InChI=1S/C23H27N3O/c1-3-17-8-11-19(12-9-17)26-15-24-21-14-18(10-13-22(21)26)23(27)25-20-7-5-4-6-16(20)2/h8-16,20H,3-7H2,1-2H3,(H,25,27)/t16-,20+/m1/s1. The van der Waals surface area contributed by atoms with Crippen molar-refractivity contribution >= 4 is 16.9 Å². The molecule has 0 unspecified atom stereocenters. The Bertz CT molecular complexity index is 942. The molecule has 4 rings (SSSR count). The monoisotopic (exact) mass is 361 g/mol. The van der Waals surface area contributed by atoms with Gasteiger partial charge in [-0.15, -0.1) is 0 Å². The van der Waals surface area contributed by atoms with Crippen LogP contribution in [0, 0.1) is 5.92 Å². The molecule has 1 aromatic heterocycles. The molecule has 1 saturated carbocycles. The number of amides is 1. The third-order valence-electron chi connectivity index (χ3n) is 5.86. The number of nitrogens with zero attached hydrogens (tertiary/aromatic N) is 2. The molecule has 2 aromatic carbocycles. The second-order valence-electron chi connectivity index (χ2n) is 7.68. The Labute approximate surface area is 160 Å². The zero-order valence-electron chi connectivity index (χ0n) is 16.1. The highest BCUT2D eigenvalue weighted by atomic mass is 16.1. The Morgan fingerprint density at radius 1 is 1.15 bits per heavy atom. The van der Waals surface area contributed by atoms with Gasteiger partial charge in [0.05, 0.1) is 11.0 Å². The summed E-state index contributed by atoms with van der Waals surface area (Å²) < 4.78 is 2.07. The van der Waals surface area contributed by atoms with Crippen molar-refractivity contribution in [3.63, 3.8) is 0 Å². The minimum Gasteiger partial charge on any atom is -0.349 e. The fourth-order valence-electron chi connectivity index (χ4n) is 4.03. The highest BCUT2D eigenvalue weighted by molar-refractivity contribution is 5.97. The molecular weight excluding hydrogens is 334 g/mol. The van der Waals surface area contributed by atoms with E-state index in [1.807, 2.05) is 24.5 Å². The molecule has 1 aliphatic rings. The van der Waals surface area contributed by atoms with Crippen molar-refractivity contribution in [1.82, 2.24) is 14.9 Å². The number of carbonyl (C=O) groups is 1. The Hall–Kier alpha value is -2.62. The maximum atomic E-state index is 12.7.